The number of aryl methyl sites for hydroxylation is 1. The van der Waals surface area contributed by atoms with E-state index in [9.17, 15) is 4.79 Å². The molecule has 0 bridgehead atoms. The molecule has 0 radical (unpaired) electrons. The Hall–Kier alpha value is -3.06. The summed E-state index contributed by atoms with van der Waals surface area (Å²) >= 11 is 6.09. The topological polar surface area (TPSA) is 86.7 Å². The highest BCUT2D eigenvalue weighted by Gasteiger charge is 2.34. The van der Waals surface area contributed by atoms with Crippen LogP contribution in [0.3, 0.4) is 0 Å². The summed E-state index contributed by atoms with van der Waals surface area (Å²) in [5, 5.41) is 5.40. The molecular formula is C21H18ClN5O2. The van der Waals surface area contributed by atoms with Crippen LogP contribution in [0.25, 0.3) is 11.0 Å². The first-order chi connectivity index (χ1) is 14.1. The zero-order chi connectivity index (χ0) is 20.0. The minimum atomic E-state index is -0.162. The quantitative estimate of drug-likeness (QED) is 0.510. The van der Waals surface area contributed by atoms with E-state index in [-0.39, 0.29) is 18.0 Å². The van der Waals surface area contributed by atoms with Gasteiger partial charge in [-0.2, -0.15) is 4.98 Å². The number of pyridine rings is 1. The lowest BCUT2D eigenvalue weighted by atomic mass is 9.71. The third kappa shape index (κ3) is 3.31. The van der Waals surface area contributed by atoms with Gasteiger partial charge in [0.2, 0.25) is 5.89 Å². The number of halogens is 1. The Bertz CT molecular complexity index is 1260. The molecule has 1 fully saturated rings. The summed E-state index contributed by atoms with van der Waals surface area (Å²) in [7, 11) is 0. The zero-order valence-electron chi connectivity index (χ0n) is 15.7. The fourth-order valence-electron chi connectivity index (χ4n) is 3.84. The number of hydrogen-bond donors (Lipinski definition) is 0. The highest BCUT2D eigenvalue weighted by Crippen LogP contribution is 2.46. The summed E-state index contributed by atoms with van der Waals surface area (Å²) in [5.41, 5.74) is 2.37. The van der Waals surface area contributed by atoms with E-state index in [4.69, 9.17) is 16.1 Å². The van der Waals surface area contributed by atoms with E-state index in [2.05, 4.69) is 26.2 Å². The van der Waals surface area contributed by atoms with E-state index < -0.39 is 0 Å². The van der Waals surface area contributed by atoms with Crippen molar-refractivity contribution in [3.05, 3.63) is 81.1 Å². The molecule has 5 rings (SSSR count). The van der Waals surface area contributed by atoms with Crippen molar-refractivity contribution < 1.29 is 4.52 Å². The number of hydrogen-bond acceptors (Lipinski definition) is 6. The third-order valence-corrected chi connectivity index (χ3v) is 5.78. The first-order valence-electron chi connectivity index (χ1n) is 9.47. The Kier molecular flexibility index (Phi) is 4.39. The molecular weight excluding hydrogens is 390 g/mol. The first-order valence-corrected chi connectivity index (χ1v) is 9.85. The Morgan fingerprint density at radius 2 is 2.07 bits per heavy atom. The van der Waals surface area contributed by atoms with E-state index in [0.29, 0.717) is 28.7 Å². The smallest absolute Gasteiger partial charge is 0.263 e. The Morgan fingerprint density at radius 1 is 1.21 bits per heavy atom. The molecule has 1 aromatic carbocycles. The molecule has 1 saturated carbocycles. The van der Waals surface area contributed by atoms with Crippen molar-refractivity contribution in [3.8, 4) is 0 Å². The fraction of sp³-hybridized carbons (Fsp3) is 0.286. The van der Waals surface area contributed by atoms with E-state index in [1.807, 2.05) is 25.1 Å². The molecule has 1 aliphatic carbocycles. The predicted octanol–water partition coefficient (Wildman–Crippen LogP) is 3.85. The molecule has 0 saturated heterocycles. The maximum Gasteiger partial charge on any atom is 0.263 e. The third-order valence-electron chi connectivity index (χ3n) is 5.55. The molecule has 4 aromatic rings. The Balaban J connectivity index is 1.32. The molecule has 29 heavy (non-hydrogen) atoms. The Labute approximate surface area is 171 Å². The van der Waals surface area contributed by atoms with Crippen LogP contribution in [0.5, 0.6) is 0 Å². The van der Waals surface area contributed by atoms with Gasteiger partial charge in [-0.25, -0.2) is 9.97 Å². The van der Waals surface area contributed by atoms with Gasteiger partial charge in [-0.05, 0) is 55.0 Å². The summed E-state index contributed by atoms with van der Waals surface area (Å²) in [6, 6.07) is 9.77. The second-order valence-corrected chi connectivity index (χ2v) is 7.91. The van der Waals surface area contributed by atoms with Gasteiger partial charge in [0.15, 0.2) is 11.5 Å². The molecule has 0 spiro atoms. The zero-order valence-corrected chi connectivity index (χ0v) is 16.5. The standard InChI is InChI=1S/C21H18ClN5O2/c1-12-5-6-23-20-18(12)21(28)27(11-24-20)10-17-25-19(26-29-17)15-7-14(8-15)13-3-2-4-16(22)9-13/h2-6,9,11,14-15H,7-8,10H2,1H3/t14-,15-. The van der Waals surface area contributed by atoms with Crippen LogP contribution in [0.4, 0.5) is 0 Å². The summed E-state index contributed by atoms with van der Waals surface area (Å²) in [5.74, 6) is 1.81. The molecule has 3 heterocycles. The molecule has 146 valence electrons. The van der Waals surface area contributed by atoms with Crippen LogP contribution < -0.4 is 5.56 Å². The van der Waals surface area contributed by atoms with Crippen LogP contribution in [0, 0.1) is 6.92 Å². The SMILES string of the molecule is Cc1ccnc2ncn(Cc3nc([C@H]4C[C@H](c5cccc(Cl)c5)C4)no3)c(=O)c12. The monoisotopic (exact) mass is 407 g/mol. The number of benzene rings is 1. The molecule has 3 aromatic heterocycles. The van der Waals surface area contributed by atoms with Gasteiger partial charge in [-0.1, -0.05) is 28.9 Å². The lowest BCUT2D eigenvalue weighted by Gasteiger charge is -2.33. The van der Waals surface area contributed by atoms with Crippen LogP contribution >= 0.6 is 11.6 Å². The minimum absolute atomic E-state index is 0.162. The molecule has 1 aliphatic rings. The number of nitrogens with zero attached hydrogens (tertiary/aromatic N) is 5. The van der Waals surface area contributed by atoms with Crippen LogP contribution in [0.2, 0.25) is 5.02 Å². The summed E-state index contributed by atoms with van der Waals surface area (Å²) in [6.07, 6.45) is 5.04. The molecule has 8 heteroatoms. The van der Waals surface area contributed by atoms with Gasteiger partial charge in [0, 0.05) is 17.1 Å². The van der Waals surface area contributed by atoms with E-state index in [0.717, 1.165) is 23.4 Å². The van der Waals surface area contributed by atoms with E-state index >= 15 is 0 Å². The fourth-order valence-corrected chi connectivity index (χ4v) is 4.04. The predicted molar refractivity (Wildman–Crippen MR) is 108 cm³/mol. The van der Waals surface area contributed by atoms with Gasteiger partial charge in [-0.3, -0.25) is 9.36 Å². The maximum absolute atomic E-state index is 12.8. The molecule has 0 amide bonds. The van der Waals surface area contributed by atoms with Crippen molar-refractivity contribution in [2.45, 2.75) is 38.1 Å². The minimum Gasteiger partial charge on any atom is -0.337 e. The number of fused-ring (bicyclic) bond motifs is 1. The molecule has 0 unspecified atom stereocenters. The molecule has 0 atom stereocenters. The van der Waals surface area contributed by atoms with Crippen LogP contribution in [-0.2, 0) is 6.54 Å². The van der Waals surface area contributed by atoms with Crippen molar-refractivity contribution in [1.29, 1.82) is 0 Å². The molecule has 7 nitrogen and oxygen atoms in total. The highest BCUT2D eigenvalue weighted by molar-refractivity contribution is 6.30. The van der Waals surface area contributed by atoms with Gasteiger partial charge in [0.25, 0.3) is 5.56 Å². The lowest BCUT2D eigenvalue weighted by molar-refractivity contribution is 0.315. The van der Waals surface area contributed by atoms with Crippen molar-refractivity contribution in [2.24, 2.45) is 0 Å². The highest BCUT2D eigenvalue weighted by atomic mass is 35.5. The summed E-state index contributed by atoms with van der Waals surface area (Å²) < 4.78 is 6.87. The molecule has 0 aliphatic heterocycles. The van der Waals surface area contributed by atoms with Gasteiger partial charge in [0.05, 0.1) is 5.39 Å². The van der Waals surface area contributed by atoms with Gasteiger partial charge in [-0.15, -0.1) is 0 Å². The van der Waals surface area contributed by atoms with E-state index in [1.54, 1.807) is 12.3 Å². The lowest BCUT2D eigenvalue weighted by Crippen LogP contribution is -2.23. The normalized spacial score (nSPS) is 18.7. The number of aromatic nitrogens is 5. The second-order valence-electron chi connectivity index (χ2n) is 7.47. The average molecular weight is 408 g/mol. The van der Waals surface area contributed by atoms with Gasteiger partial charge in [0.1, 0.15) is 12.9 Å². The maximum atomic E-state index is 12.8. The van der Waals surface area contributed by atoms with Gasteiger partial charge < -0.3 is 4.52 Å². The van der Waals surface area contributed by atoms with Crippen LogP contribution in [0.15, 0.2) is 52.2 Å². The van der Waals surface area contributed by atoms with Crippen LogP contribution in [0.1, 0.15) is 47.5 Å². The van der Waals surface area contributed by atoms with Crippen molar-refractivity contribution in [2.75, 3.05) is 0 Å². The largest absolute Gasteiger partial charge is 0.337 e. The van der Waals surface area contributed by atoms with Crippen molar-refractivity contribution in [3.63, 3.8) is 0 Å². The second kappa shape index (κ2) is 7.08. The average Bonchev–Trinajstić information content (AvgIpc) is 3.11. The van der Waals surface area contributed by atoms with Crippen molar-refractivity contribution >= 4 is 22.6 Å². The molecule has 0 N–H and O–H groups in total. The summed E-state index contributed by atoms with van der Waals surface area (Å²) in [6.45, 7) is 2.06. The van der Waals surface area contributed by atoms with Gasteiger partial charge >= 0.3 is 0 Å². The Morgan fingerprint density at radius 3 is 2.90 bits per heavy atom. The van der Waals surface area contributed by atoms with Crippen molar-refractivity contribution in [1.82, 2.24) is 24.7 Å². The van der Waals surface area contributed by atoms with Crippen LogP contribution in [-0.4, -0.2) is 24.7 Å². The first kappa shape index (κ1) is 18.0. The number of rotatable bonds is 4. The summed E-state index contributed by atoms with van der Waals surface area (Å²) in [4.78, 5) is 25.7. The van der Waals surface area contributed by atoms with E-state index in [1.165, 1.54) is 16.5 Å².